The molecule has 0 atom stereocenters. The van der Waals surface area contributed by atoms with Crippen LogP contribution in [0.15, 0.2) is 66.8 Å². The lowest BCUT2D eigenvalue weighted by Crippen LogP contribution is -2.24. The molecule has 0 unspecified atom stereocenters. The van der Waals surface area contributed by atoms with Gasteiger partial charge in [-0.05, 0) is 41.5 Å². The third kappa shape index (κ3) is 6.36. The Hall–Kier alpha value is -3.82. The molecule has 0 aromatic heterocycles. The first-order valence-electron chi connectivity index (χ1n) is 8.81. The number of esters is 1. The number of rotatable bonds is 8. The third-order valence-electron chi connectivity index (χ3n) is 3.79. The van der Waals surface area contributed by atoms with Crippen molar-refractivity contribution in [3.63, 3.8) is 0 Å². The summed E-state index contributed by atoms with van der Waals surface area (Å²) < 4.78 is 10.6. The molecule has 0 saturated heterocycles. The van der Waals surface area contributed by atoms with E-state index >= 15 is 0 Å². The Morgan fingerprint density at radius 3 is 2.67 bits per heavy atom. The lowest BCUT2D eigenvalue weighted by Gasteiger charge is -2.09. The lowest BCUT2D eigenvalue weighted by molar-refractivity contribution is -0.129. The average molecular weight is 423 g/mol. The molecule has 0 saturated carbocycles. The van der Waals surface area contributed by atoms with E-state index in [1.165, 1.54) is 31.4 Å². The fourth-order valence-corrected chi connectivity index (χ4v) is 2.54. The summed E-state index contributed by atoms with van der Waals surface area (Å²) >= 11 is 6.05. The molecule has 0 aliphatic heterocycles. The molecule has 152 valence electrons. The number of ether oxygens (including phenoxy) is 2. The van der Waals surface area contributed by atoms with Crippen LogP contribution in [0.1, 0.15) is 11.1 Å². The van der Waals surface area contributed by atoms with E-state index < -0.39 is 11.9 Å². The fourth-order valence-electron chi connectivity index (χ4n) is 2.34. The van der Waals surface area contributed by atoms with Crippen LogP contribution in [0.3, 0.4) is 0 Å². The number of benzene rings is 2. The summed E-state index contributed by atoms with van der Waals surface area (Å²) in [6.45, 7) is 3.75. The molecule has 2 aromatic rings. The molecular weight excluding hydrogens is 404 g/mol. The van der Waals surface area contributed by atoms with Gasteiger partial charge in [0.25, 0.3) is 5.91 Å². The zero-order chi connectivity index (χ0) is 21.9. The molecule has 2 aromatic carbocycles. The van der Waals surface area contributed by atoms with Crippen LogP contribution in [0.2, 0.25) is 5.02 Å². The first-order chi connectivity index (χ1) is 14.5. The number of halogens is 1. The van der Waals surface area contributed by atoms with Crippen LogP contribution in [-0.4, -0.2) is 25.5 Å². The number of carbonyl (C=O) groups excluding carboxylic acids is 2. The fraction of sp³-hybridized carbons (Fsp3) is 0.0870. The number of nitrogens with zero attached hydrogens (tertiary/aromatic N) is 1. The molecule has 0 heterocycles. The molecule has 30 heavy (non-hydrogen) atoms. The second-order valence-corrected chi connectivity index (χ2v) is 6.26. The summed E-state index contributed by atoms with van der Waals surface area (Å²) in [5.41, 5.74) is 1.14. The van der Waals surface area contributed by atoms with Crippen molar-refractivity contribution >= 4 is 35.6 Å². The van der Waals surface area contributed by atoms with Crippen molar-refractivity contribution in [3.05, 3.63) is 82.9 Å². The number of nitrogens with one attached hydrogen (secondary N) is 1. The normalized spacial score (nSPS) is 10.9. The van der Waals surface area contributed by atoms with Gasteiger partial charge in [0, 0.05) is 17.6 Å². The molecule has 6 nitrogen and oxygen atoms in total. The zero-order valence-corrected chi connectivity index (χ0v) is 17.0. The van der Waals surface area contributed by atoms with Crippen molar-refractivity contribution in [2.75, 3.05) is 13.7 Å². The molecule has 0 fully saturated rings. The summed E-state index contributed by atoms with van der Waals surface area (Å²) in [4.78, 5) is 24.1. The van der Waals surface area contributed by atoms with Crippen molar-refractivity contribution in [3.8, 4) is 17.6 Å². The summed E-state index contributed by atoms with van der Waals surface area (Å²) in [6.07, 6.45) is 5.73. The third-order valence-corrected chi connectivity index (χ3v) is 4.13. The van der Waals surface area contributed by atoms with Crippen LogP contribution in [0.25, 0.3) is 12.2 Å². The van der Waals surface area contributed by atoms with E-state index in [-0.39, 0.29) is 23.6 Å². The van der Waals surface area contributed by atoms with Crippen molar-refractivity contribution in [2.45, 2.75) is 0 Å². The van der Waals surface area contributed by atoms with Crippen molar-refractivity contribution in [2.24, 2.45) is 0 Å². The number of amides is 1. The molecule has 1 amide bonds. The standard InChI is InChI=1S/C23H19ClN2O4/c1-3-12-26-23(28)18(15-25)13-16-8-10-20(21(14-16)29-2)30-22(27)11-9-17-6-4-5-7-19(17)24/h3-11,13-14H,1,12H2,2H3,(H,26,28). The van der Waals surface area contributed by atoms with Gasteiger partial charge >= 0.3 is 5.97 Å². The Morgan fingerprint density at radius 2 is 2.00 bits per heavy atom. The molecular formula is C23H19ClN2O4. The van der Waals surface area contributed by atoms with Gasteiger partial charge in [0.15, 0.2) is 11.5 Å². The second-order valence-electron chi connectivity index (χ2n) is 5.85. The second kappa shape index (κ2) is 11.2. The molecule has 2 rings (SSSR count). The maximum absolute atomic E-state index is 12.1. The van der Waals surface area contributed by atoms with Gasteiger partial charge in [-0.3, -0.25) is 4.79 Å². The maximum Gasteiger partial charge on any atom is 0.336 e. The Kier molecular flexibility index (Phi) is 8.42. The Bertz CT molecular complexity index is 1050. The number of hydrogen-bond donors (Lipinski definition) is 1. The highest BCUT2D eigenvalue weighted by atomic mass is 35.5. The minimum atomic E-state index is -0.613. The predicted octanol–water partition coefficient (Wildman–Crippen LogP) is 4.18. The van der Waals surface area contributed by atoms with Crippen LogP contribution in [0.5, 0.6) is 11.5 Å². The molecule has 7 heteroatoms. The summed E-state index contributed by atoms with van der Waals surface area (Å²) in [6, 6.07) is 13.6. The largest absolute Gasteiger partial charge is 0.493 e. The first-order valence-corrected chi connectivity index (χ1v) is 9.19. The minimum Gasteiger partial charge on any atom is -0.493 e. The topological polar surface area (TPSA) is 88.4 Å². The molecule has 0 radical (unpaired) electrons. The van der Waals surface area contributed by atoms with E-state index in [4.69, 9.17) is 21.1 Å². The molecule has 0 bridgehead atoms. The predicted molar refractivity (Wildman–Crippen MR) is 116 cm³/mol. The Labute approximate surface area is 179 Å². The Morgan fingerprint density at radius 1 is 1.23 bits per heavy atom. The highest BCUT2D eigenvalue weighted by Crippen LogP contribution is 2.29. The highest BCUT2D eigenvalue weighted by molar-refractivity contribution is 6.32. The number of nitriles is 1. The maximum atomic E-state index is 12.1. The number of methoxy groups -OCH3 is 1. The lowest BCUT2D eigenvalue weighted by atomic mass is 10.1. The zero-order valence-electron chi connectivity index (χ0n) is 16.2. The van der Waals surface area contributed by atoms with E-state index in [0.717, 1.165) is 0 Å². The smallest absolute Gasteiger partial charge is 0.336 e. The van der Waals surface area contributed by atoms with E-state index in [1.807, 2.05) is 6.07 Å². The van der Waals surface area contributed by atoms with Gasteiger partial charge in [-0.2, -0.15) is 5.26 Å². The van der Waals surface area contributed by atoms with E-state index in [2.05, 4.69) is 11.9 Å². The van der Waals surface area contributed by atoms with Gasteiger partial charge in [0.05, 0.1) is 7.11 Å². The van der Waals surface area contributed by atoms with Crippen LogP contribution in [-0.2, 0) is 9.59 Å². The van der Waals surface area contributed by atoms with Crippen LogP contribution >= 0.6 is 11.6 Å². The molecule has 0 aliphatic carbocycles. The Balaban J connectivity index is 2.17. The van der Waals surface area contributed by atoms with Crippen LogP contribution in [0.4, 0.5) is 0 Å². The van der Waals surface area contributed by atoms with Gasteiger partial charge < -0.3 is 14.8 Å². The van der Waals surface area contributed by atoms with Gasteiger partial charge in [-0.15, -0.1) is 6.58 Å². The average Bonchev–Trinajstić information content (AvgIpc) is 2.76. The van der Waals surface area contributed by atoms with Crippen molar-refractivity contribution in [1.29, 1.82) is 5.26 Å². The van der Waals surface area contributed by atoms with Gasteiger partial charge in [0.2, 0.25) is 0 Å². The van der Waals surface area contributed by atoms with Gasteiger partial charge in [-0.25, -0.2) is 4.79 Å². The molecule has 1 N–H and O–H groups in total. The van der Waals surface area contributed by atoms with Gasteiger partial charge in [-0.1, -0.05) is 41.9 Å². The molecule has 0 spiro atoms. The van der Waals surface area contributed by atoms with E-state index in [9.17, 15) is 14.9 Å². The van der Waals surface area contributed by atoms with Crippen LogP contribution in [0, 0.1) is 11.3 Å². The minimum absolute atomic E-state index is 0.0775. The summed E-state index contributed by atoms with van der Waals surface area (Å²) in [5.74, 6) is -0.667. The molecule has 0 aliphatic rings. The van der Waals surface area contributed by atoms with Gasteiger partial charge in [0.1, 0.15) is 11.6 Å². The number of hydrogen-bond acceptors (Lipinski definition) is 5. The monoisotopic (exact) mass is 422 g/mol. The van der Waals surface area contributed by atoms with Crippen molar-refractivity contribution < 1.29 is 19.1 Å². The first kappa shape index (κ1) is 22.5. The highest BCUT2D eigenvalue weighted by Gasteiger charge is 2.11. The number of carbonyl (C=O) groups is 2. The quantitative estimate of drug-likeness (QED) is 0.227. The van der Waals surface area contributed by atoms with E-state index in [1.54, 1.807) is 42.5 Å². The van der Waals surface area contributed by atoms with E-state index in [0.29, 0.717) is 16.1 Å². The van der Waals surface area contributed by atoms with Crippen molar-refractivity contribution in [1.82, 2.24) is 5.32 Å². The summed E-state index contributed by atoms with van der Waals surface area (Å²) in [7, 11) is 1.42. The SMILES string of the molecule is C=CCNC(=O)C(C#N)=Cc1ccc(OC(=O)C=Cc2ccccc2Cl)c(OC)c1. The summed E-state index contributed by atoms with van der Waals surface area (Å²) in [5, 5.41) is 12.3. The van der Waals surface area contributed by atoms with Crippen LogP contribution < -0.4 is 14.8 Å².